The number of aliphatic hydroxyl groups excluding tert-OH is 2. The number of carbonyl (C=O) groups excluding carboxylic acids is 2. The van der Waals surface area contributed by atoms with Crippen molar-refractivity contribution in [2.24, 2.45) is 0 Å². The van der Waals surface area contributed by atoms with Crippen molar-refractivity contribution >= 4 is 11.9 Å². The summed E-state index contributed by atoms with van der Waals surface area (Å²) < 4.78 is 5.44. The van der Waals surface area contributed by atoms with Crippen LogP contribution in [0.4, 0.5) is 0 Å². The number of allylic oxidation sites excluding steroid dienone is 7. The lowest BCUT2D eigenvalue weighted by atomic mass is 10.0. The Labute approximate surface area is 378 Å². The number of esters is 1. The van der Waals surface area contributed by atoms with Crippen LogP contribution in [0.1, 0.15) is 264 Å². The van der Waals surface area contributed by atoms with Crippen molar-refractivity contribution in [2.75, 3.05) is 13.2 Å². The standard InChI is InChI=1S/C55H101NO5/c1-3-5-7-9-11-13-15-17-19-20-21-23-25-29-33-37-41-45-49-55(60)61-50-46-42-38-34-30-26-28-32-36-40-44-48-54(59)56-52(51-57)53(58)47-43-39-35-31-27-24-22-18-16-14-12-10-8-6-4-2/h13,15,19-20,30,34,43,47,52-53,57-58H,3-12,14,16-18,21-29,31-33,35-42,44-46,48-51H2,1-2H3,(H,56,59)/b15-13-,20-19-,34-30-,47-43+. The molecule has 0 saturated carbocycles. The lowest BCUT2D eigenvalue weighted by Gasteiger charge is -2.20. The molecule has 0 aliphatic rings. The summed E-state index contributed by atoms with van der Waals surface area (Å²) in [5.74, 6) is -0.140. The van der Waals surface area contributed by atoms with Crippen LogP contribution in [0, 0.1) is 0 Å². The third-order valence-electron chi connectivity index (χ3n) is 11.8. The molecule has 0 spiro atoms. The summed E-state index contributed by atoms with van der Waals surface area (Å²) in [6, 6.07) is -0.650. The van der Waals surface area contributed by atoms with Crippen molar-refractivity contribution in [3.05, 3.63) is 48.6 Å². The Hall–Kier alpha value is -2.18. The molecule has 0 aromatic carbocycles. The first-order chi connectivity index (χ1) is 30.0. The van der Waals surface area contributed by atoms with E-state index in [0.717, 1.165) is 89.9 Å². The fourth-order valence-corrected chi connectivity index (χ4v) is 7.71. The van der Waals surface area contributed by atoms with Crippen molar-refractivity contribution in [1.82, 2.24) is 5.32 Å². The predicted molar refractivity (Wildman–Crippen MR) is 264 cm³/mol. The Bertz CT molecular complexity index is 1040. The monoisotopic (exact) mass is 856 g/mol. The first-order valence-electron chi connectivity index (χ1n) is 26.4. The highest BCUT2D eigenvalue weighted by atomic mass is 16.5. The van der Waals surface area contributed by atoms with E-state index in [-0.39, 0.29) is 18.5 Å². The quantitative estimate of drug-likeness (QED) is 0.0322. The van der Waals surface area contributed by atoms with E-state index in [1.54, 1.807) is 6.08 Å². The van der Waals surface area contributed by atoms with Crippen LogP contribution >= 0.6 is 0 Å². The number of aliphatic hydroxyl groups is 2. The molecule has 0 bridgehead atoms. The van der Waals surface area contributed by atoms with E-state index < -0.39 is 12.1 Å². The molecule has 0 radical (unpaired) electrons. The highest BCUT2D eigenvalue weighted by molar-refractivity contribution is 5.76. The van der Waals surface area contributed by atoms with E-state index in [1.165, 1.54) is 148 Å². The van der Waals surface area contributed by atoms with Gasteiger partial charge in [-0.3, -0.25) is 9.59 Å². The summed E-state index contributed by atoms with van der Waals surface area (Å²) in [5, 5.41) is 23.0. The zero-order valence-corrected chi connectivity index (χ0v) is 40.4. The Morgan fingerprint density at radius 3 is 1.28 bits per heavy atom. The molecule has 0 aliphatic carbocycles. The highest BCUT2D eigenvalue weighted by Gasteiger charge is 2.18. The smallest absolute Gasteiger partial charge is 0.305 e. The number of rotatable bonds is 48. The first-order valence-corrected chi connectivity index (χ1v) is 26.4. The van der Waals surface area contributed by atoms with E-state index in [4.69, 9.17) is 4.74 Å². The molecular weight excluding hydrogens is 755 g/mol. The lowest BCUT2D eigenvalue weighted by molar-refractivity contribution is -0.143. The summed E-state index contributed by atoms with van der Waals surface area (Å²) >= 11 is 0. The molecule has 0 rings (SSSR count). The van der Waals surface area contributed by atoms with Crippen LogP contribution in [-0.4, -0.2) is 47.4 Å². The van der Waals surface area contributed by atoms with Crippen LogP contribution in [0.25, 0.3) is 0 Å². The Morgan fingerprint density at radius 1 is 0.459 bits per heavy atom. The maximum absolute atomic E-state index is 12.4. The largest absolute Gasteiger partial charge is 0.466 e. The number of unbranched alkanes of at least 4 members (excludes halogenated alkanes) is 31. The van der Waals surface area contributed by atoms with Gasteiger partial charge in [-0.15, -0.1) is 0 Å². The number of ether oxygens (including phenoxy) is 1. The summed E-state index contributed by atoms with van der Waals surface area (Å²) in [6.07, 6.45) is 62.5. The number of amides is 1. The maximum atomic E-state index is 12.4. The minimum absolute atomic E-state index is 0.0411. The van der Waals surface area contributed by atoms with Gasteiger partial charge in [0.05, 0.1) is 25.4 Å². The third kappa shape index (κ3) is 47.1. The summed E-state index contributed by atoms with van der Waals surface area (Å²) in [5.41, 5.74) is 0. The van der Waals surface area contributed by atoms with Crippen molar-refractivity contribution in [1.29, 1.82) is 0 Å². The molecule has 0 aromatic rings. The van der Waals surface area contributed by atoms with Gasteiger partial charge in [0.25, 0.3) is 0 Å². The van der Waals surface area contributed by atoms with Gasteiger partial charge >= 0.3 is 5.97 Å². The fourth-order valence-electron chi connectivity index (χ4n) is 7.71. The van der Waals surface area contributed by atoms with E-state index in [0.29, 0.717) is 19.4 Å². The van der Waals surface area contributed by atoms with E-state index >= 15 is 0 Å². The molecule has 2 atom stereocenters. The predicted octanol–water partition coefficient (Wildman–Crippen LogP) is 15.8. The summed E-state index contributed by atoms with van der Waals surface area (Å²) in [7, 11) is 0. The number of hydrogen-bond acceptors (Lipinski definition) is 5. The zero-order valence-electron chi connectivity index (χ0n) is 40.4. The molecule has 61 heavy (non-hydrogen) atoms. The maximum Gasteiger partial charge on any atom is 0.305 e. The fraction of sp³-hybridized carbons (Fsp3) is 0.818. The van der Waals surface area contributed by atoms with Crippen LogP contribution < -0.4 is 5.32 Å². The first kappa shape index (κ1) is 58.8. The lowest BCUT2D eigenvalue weighted by Crippen LogP contribution is -2.45. The Morgan fingerprint density at radius 2 is 0.820 bits per heavy atom. The van der Waals surface area contributed by atoms with E-state index in [1.807, 2.05) is 6.08 Å². The molecule has 1 amide bonds. The van der Waals surface area contributed by atoms with Gasteiger partial charge in [0.1, 0.15) is 0 Å². The average molecular weight is 856 g/mol. The van der Waals surface area contributed by atoms with Crippen LogP contribution in [0.5, 0.6) is 0 Å². The van der Waals surface area contributed by atoms with Gasteiger partial charge in [0.2, 0.25) is 5.91 Å². The van der Waals surface area contributed by atoms with Crippen LogP contribution in [0.2, 0.25) is 0 Å². The number of hydrogen-bond donors (Lipinski definition) is 3. The van der Waals surface area contributed by atoms with Gasteiger partial charge in [-0.2, -0.15) is 0 Å². The van der Waals surface area contributed by atoms with Gasteiger partial charge in [0.15, 0.2) is 0 Å². The molecule has 0 aromatic heterocycles. The Balaban J connectivity index is 3.56. The second-order valence-corrected chi connectivity index (χ2v) is 17.8. The Kier molecular flexibility index (Phi) is 48.7. The van der Waals surface area contributed by atoms with Gasteiger partial charge in [-0.1, -0.05) is 210 Å². The minimum atomic E-state index is -0.864. The second kappa shape index (κ2) is 50.5. The van der Waals surface area contributed by atoms with Gasteiger partial charge in [-0.05, 0) is 89.9 Å². The molecule has 0 saturated heterocycles. The van der Waals surface area contributed by atoms with Gasteiger partial charge in [0, 0.05) is 12.8 Å². The average Bonchev–Trinajstić information content (AvgIpc) is 3.26. The van der Waals surface area contributed by atoms with Crippen molar-refractivity contribution < 1.29 is 24.5 Å². The number of carbonyl (C=O) groups is 2. The molecule has 2 unspecified atom stereocenters. The molecule has 3 N–H and O–H groups in total. The molecule has 0 fully saturated rings. The molecule has 0 aliphatic heterocycles. The van der Waals surface area contributed by atoms with Crippen molar-refractivity contribution in [3.8, 4) is 0 Å². The third-order valence-corrected chi connectivity index (χ3v) is 11.8. The minimum Gasteiger partial charge on any atom is -0.466 e. The molecule has 6 heteroatoms. The molecule has 0 heterocycles. The van der Waals surface area contributed by atoms with E-state index in [2.05, 4.69) is 55.6 Å². The summed E-state index contributed by atoms with van der Waals surface area (Å²) in [6.45, 7) is 4.80. The van der Waals surface area contributed by atoms with Crippen molar-refractivity contribution in [3.63, 3.8) is 0 Å². The normalized spacial score (nSPS) is 13.0. The molecular formula is C55H101NO5. The van der Waals surface area contributed by atoms with Crippen LogP contribution in [-0.2, 0) is 14.3 Å². The van der Waals surface area contributed by atoms with E-state index in [9.17, 15) is 19.8 Å². The SMILES string of the molecule is CCCCCC/C=C\C/C=C\CCCCCCCCCC(=O)OCCCC/C=C\CCCCCCCC(=O)NC(CO)C(O)/C=C/CCCCCCCCCCCCCCC. The van der Waals surface area contributed by atoms with Gasteiger partial charge in [-0.25, -0.2) is 0 Å². The number of nitrogens with one attached hydrogen (secondary N) is 1. The van der Waals surface area contributed by atoms with Crippen molar-refractivity contribution in [2.45, 2.75) is 276 Å². The molecule has 6 nitrogen and oxygen atoms in total. The highest BCUT2D eigenvalue weighted by Crippen LogP contribution is 2.15. The summed E-state index contributed by atoms with van der Waals surface area (Å²) in [4.78, 5) is 24.5. The zero-order chi connectivity index (χ0) is 44.4. The van der Waals surface area contributed by atoms with Gasteiger partial charge < -0.3 is 20.3 Å². The molecule has 356 valence electrons. The topological polar surface area (TPSA) is 95.9 Å². The second-order valence-electron chi connectivity index (χ2n) is 17.8. The van der Waals surface area contributed by atoms with Crippen LogP contribution in [0.15, 0.2) is 48.6 Å². The van der Waals surface area contributed by atoms with Crippen LogP contribution in [0.3, 0.4) is 0 Å².